The minimum atomic E-state index is -0.0284. The quantitative estimate of drug-likeness (QED) is 0.410. The van der Waals surface area contributed by atoms with Gasteiger partial charge in [0.2, 0.25) is 5.91 Å². The third-order valence-electron chi connectivity index (χ3n) is 5.93. The van der Waals surface area contributed by atoms with Gasteiger partial charge in [0.15, 0.2) is 0 Å². The number of amides is 1. The lowest BCUT2D eigenvalue weighted by Crippen LogP contribution is -2.20. The first-order valence-electron chi connectivity index (χ1n) is 11.0. The molecule has 31 heavy (non-hydrogen) atoms. The molecule has 0 bridgehead atoms. The molecule has 1 amide bonds. The smallest absolute Gasteiger partial charge is 0.243 e. The average Bonchev–Trinajstić information content (AvgIpc) is 3.56. The number of rotatable bonds is 6. The van der Waals surface area contributed by atoms with Crippen LogP contribution in [0.25, 0.3) is 10.8 Å². The number of carbonyl (C=O) groups is 1. The van der Waals surface area contributed by atoms with Gasteiger partial charge in [-0.15, -0.1) is 0 Å². The van der Waals surface area contributed by atoms with E-state index in [-0.39, 0.29) is 23.2 Å². The number of benzene rings is 3. The third-order valence-corrected chi connectivity index (χ3v) is 5.93. The number of hydrogen-bond acceptors (Lipinski definition) is 3. The molecule has 1 fully saturated rings. The molecule has 0 spiro atoms. The molecule has 1 aliphatic rings. The number of hydrogen-bond donors (Lipinski definition) is 1. The van der Waals surface area contributed by atoms with E-state index >= 15 is 0 Å². The van der Waals surface area contributed by atoms with Gasteiger partial charge in [-0.2, -0.15) is 5.10 Å². The molecule has 3 aromatic carbocycles. The molecular formula is C27H30N2O2. The molecule has 0 heterocycles. The highest BCUT2D eigenvalue weighted by molar-refractivity contribution is 6.02. The molecule has 0 aliphatic heterocycles. The average molecular weight is 415 g/mol. The molecule has 1 N–H and O–H groups in total. The highest BCUT2D eigenvalue weighted by Gasteiger charge is 2.44. The van der Waals surface area contributed by atoms with Gasteiger partial charge in [-0.25, -0.2) is 5.43 Å². The van der Waals surface area contributed by atoms with E-state index in [0.717, 1.165) is 28.5 Å². The Labute approximate surface area is 184 Å². The van der Waals surface area contributed by atoms with Gasteiger partial charge < -0.3 is 4.74 Å². The van der Waals surface area contributed by atoms with E-state index in [9.17, 15) is 4.79 Å². The maximum atomic E-state index is 12.6. The van der Waals surface area contributed by atoms with E-state index in [2.05, 4.69) is 61.6 Å². The molecule has 0 saturated heterocycles. The summed E-state index contributed by atoms with van der Waals surface area (Å²) in [5, 5.41) is 6.43. The Hall–Kier alpha value is -3.14. The van der Waals surface area contributed by atoms with Crippen molar-refractivity contribution in [2.75, 3.05) is 6.61 Å². The zero-order chi connectivity index (χ0) is 22.0. The predicted molar refractivity (Wildman–Crippen MR) is 127 cm³/mol. The maximum absolute atomic E-state index is 12.6. The summed E-state index contributed by atoms with van der Waals surface area (Å²) in [6.07, 6.45) is 2.56. The summed E-state index contributed by atoms with van der Waals surface area (Å²) in [7, 11) is 0. The summed E-state index contributed by atoms with van der Waals surface area (Å²) in [6.45, 7) is 9.16. The van der Waals surface area contributed by atoms with Crippen LogP contribution in [0.5, 0.6) is 5.75 Å². The van der Waals surface area contributed by atoms with Crippen molar-refractivity contribution in [3.63, 3.8) is 0 Å². The van der Waals surface area contributed by atoms with Crippen LogP contribution in [0.15, 0.2) is 65.8 Å². The van der Waals surface area contributed by atoms with Crippen molar-refractivity contribution in [1.29, 1.82) is 0 Å². The van der Waals surface area contributed by atoms with Crippen LogP contribution in [0.4, 0.5) is 0 Å². The fourth-order valence-corrected chi connectivity index (χ4v) is 4.02. The molecular weight excluding hydrogens is 384 g/mol. The van der Waals surface area contributed by atoms with Gasteiger partial charge >= 0.3 is 0 Å². The Morgan fingerprint density at radius 1 is 1.10 bits per heavy atom. The van der Waals surface area contributed by atoms with Gasteiger partial charge in [0.1, 0.15) is 5.75 Å². The lowest BCUT2D eigenvalue weighted by Gasteiger charge is -2.19. The maximum Gasteiger partial charge on any atom is 0.243 e. The van der Waals surface area contributed by atoms with Crippen molar-refractivity contribution in [2.45, 2.75) is 45.4 Å². The topological polar surface area (TPSA) is 50.7 Å². The number of fused-ring (bicyclic) bond motifs is 1. The summed E-state index contributed by atoms with van der Waals surface area (Å²) < 4.78 is 5.77. The first-order chi connectivity index (χ1) is 14.9. The van der Waals surface area contributed by atoms with Gasteiger partial charge in [-0.3, -0.25) is 4.79 Å². The number of nitrogens with one attached hydrogen (secondary N) is 1. The molecule has 160 valence electrons. The summed E-state index contributed by atoms with van der Waals surface area (Å²) in [5.74, 6) is 0.999. The largest absolute Gasteiger partial charge is 0.493 e. The van der Waals surface area contributed by atoms with Crippen LogP contribution in [-0.4, -0.2) is 18.7 Å². The Bertz CT molecular complexity index is 1110. The van der Waals surface area contributed by atoms with E-state index in [1.807, 2.05) is 37.3 Å². The second kappa shape index (κ2) is 8.54. The highest BCUT2D eigenvalue weighted by atomic mass is 16.5. The molecule has 0 radical (unpaired) electrons. The summed E-state index contributed by atoms with van der Waals surface area (Å²) in [5.41, 5.74) is 6.29. The number of carbonyl (C=O) groups excluding carboxylic acids is 1. The van der Waals surface area contributed by atoms with Crippen LogP contribution >= 0.6 is 0 Å². The fraction of sp³-hybridized carbons (Fsp3) is 0.333. The van der Waals surface area contributed by atoms with Crippen LogP contribution in [0.1, 0.15) is 56.7 Å². The second-order valence-electron chi connectivity index (χ2n) is 9.19. The van der Waals surface area contributed by atoms with Crippen molar-refractivity contribution in [1.82, 2.24) is 5.43 Å². The predicted octanol–water partition coefficient (Wildman–Crippen LogP) is 5.79. The Morgan fingerprint density at radius 3 is 2.55 bits per heavy atom. The molecule has 1 saturated carbocycles. The molecule has 4 rings (SSSR count). The fourth-order valence-electron chi connectivity index (χ4n) is 4.02. The van der Waals surface area contributed by atoms with Crippen molar-refractivity contribution in [3.8, 4) is 5.75 Å². The Morgan fingerprint density at radius 2 is 1.84 bits per heavy atom. The van der Waals surface area contributed by atoms with Crippen LogP contribution in [0, 0.1) is 5.92 Å². The van der Waals surface area contributed by atoms with Crippen LogP contribution in [-0.2, 0) is 10.2 Å². The second-order valence-corrected chi connectivity index (χ2v) is 9.19. The van der Waals surface area contributed by atoms with Crippen molar-refractivity contribution in [2.24, 2.45) is 11.0 Å². The minimum Gasteiger partial charge on any atom is -0.493 e. The van der Waals surface area contributed by atoms with Gasteiger partial charge in [-0.05, 0) is 52.6 Å². The van der Waals surface area contributed by atoms with Gasteiger partial charge in [-0.1, -0.05) is 75.4 Å². The molecule has 3 aromatic rings. The van der Waals surface area contributed by atoms with E-state index in [4.69, 9.17) is 4.74 Å². The Kier molecular flexibility index (Phi) is 5.81. The van der Waals surface area contributed by atoms with Gasteiger partial charge in [0.25, 0.3) is 0 Å². The SMILES string of the molecule is CCOc1ccc2ccccc2c1/C=N/NC(=O)[C@@H]1C[C@@H]1c1ccc(C(C)(C)C)cc1. The van der Waals surface area contributed by atoms with Crippen molar-refractivity contribution >= 4 is 22.9 Å². The molecule has 4 nitrogen and oxygen atoms in total. The summed E-state index contributed by atoms with van der Waals surface area (Å²) in [4.78, 5) is 12.6. The van der Waals surface area contributed by atoms with Crippen molar-refractivity contribution in [3.05, 3.63) is 77.4 Å². The molecule has 0 unspecified atom stereocenters. The molecule has 2 atom stereocenters. The zero-order valence-electron chi connectivity index (χ0n) is 18.7. The molecule has 0 aromatic heterocycles. The van der Waals surface area contributed by atoms with E-state index < -0.39 is 0 Å². The third kappa shape index (κ3) is 4.63. The van der Waals surface area contributed by atoms with Crippen LogP contribution in [0.3, 0.4) is 0 Å². The lowest BCUT2D eigenvalue weighted by atomic mass is 9.86. The van der Waals surface area contributed by atoms with Crippen molar-refractivity contribution < 1.29 is 9.53 Å². The normalized spacial score (nSPS) is 18.3. The zero-order valence-corrected chi connectivity index (χ0v) is 18.7. The van der Waals surface area contributed by atoms with E-state index in [0.29, 0.717) is 6.61 Å². The highest BCUT2D eigenvalue weighted by Crippen LogP contribution is 2.47. The Balaban J connectivity index is 1.44. The standard InChI is InChI=1S/C27H30N2O2/c1-5-31-25-15-12-18-8-6-7-9-21(18)24(25)17-28-29-26(30)23-16-22(23)19-10-13-20(14-11-19)27(2,3)4/h6-15,17,22-23H,5,16H2,1-4H3,(H,29,30)/b28-17+/t22-,23-/m1/s1. The lowest BCUT2D eigenvalue weighted by molar-refractivity contribution is -0.122. The van der Waals surface area contributed by atoms with E-state index in [1.54, 1.807) is 6.21 Å². The first-order valence-corrected chi connectivity index (χ1v) is 11.0. The summed E-state index contributed by atoms with van der Waals surface area (Å²) in [6, 6.07) is 20.8. The van der Waals surface area contributed by atoms with Gasteiger partial charge in [0, 0.05) is 11.5 Å². The van der Waals surface area contributed by atoms with E-state index in [1.165, 1.54) is 11.1 Å². The molecule has 1 aliphatic carbocycles. The number of hydrazone groups is 1. The number of nitrogens with zero attached hydrogens (tertiary/aromatic N) is 1. The van der Waals surface area contributed by atoms with Gasteiger partial charge in [0.05, 0.1) is 12.8 Å². The first kappa shape index (κ1) is 21.1. The molecule has 4 heteroatoms. The van der Waals surface area contributed by atoms with Crippen LogP contribution in [0.2, 0.25) is 0 Å². The monoisotopic (exact) mass is 414 g/mol. The van der Waals surface area contributed by atoms with Crippen LogP contribution < -0.4 is 10.2 Å². The number of ether oxygens (including phenoxy) is 1. The summed E-state index contributed by atoms with van der Waals surface area (Å²) >= 11 is 0. The minimum absolute atomic E-state index is 0.0171.